The first kappa shape index (κ1) is 21.8. The van der Waals surface area contributed by atoms with Gasteiger partial charge in [0, 0.05) is 18.9 Å². The number of hydrogen-bond acceptors (Lipinski definition) is 3. The van der Waals surface area contributed by atoms with Gasteiger partial charge in [-0.2, -0.15) is 0 Å². The number of anilines is 1. The van der Waals surface area contributed by atoms with Crippen LogP contribution in [0.5, 0.6) is 0 Å². The van der Waals surface area contributed by atoms with Crippen LogP contribution in [-0.4, -0.2) is 30.6 Å². The Morgan fingerprint density at radius 2 is 1.81 bits per heavy atom. The summed E-state index contributed by atoms with van der Waals surface area (Å²) in [6.45, 7) is 8.73. The molecule has 0 aromatic heterocycles. The van der Waals surface area contributed by atoms with Crippen molar-refractivity contribution in [3.05, 3.63) is 60.3 Å². The molecule has 4 heteroatoms. The second-order valence-electron chi connectivity index (χ2n) is 7.10. The van der Waals surface area contributed by atoms with E-state index >= 15 is 0 Å². The predicted octanol–water partition coefficient (Wildman–Crippen LogP) is 5.82. The van der Waals surface area contributed by atoms with Crippen LogP contribution < -0.4 is 5.32 Å². The summed E-state index contributed by atoms with van der Waals surface area (Å²) in [5, 5.41) is 3.09. The Morgan fingerprint density at radius 1 is 1.15 bits per heavy atom. The fourth-order valence-corrected chi connectivity index (χ4v) is 2.08. The molecule has 26 heavy (non-hydrogen) atoms. The standard InChI is InChI=1S/C22H31FN2O/c1-7-10-20(22(4,5)26-17-21(2,3)23)25-16-9-8-11-18-12-14-19(24-6)15-13-18/h7-16,24H,17H2,1-6H3/b10-7-,11-8+,16-9+,25-20+. The first-order valence-corrected chi connectivity index (χ1v) is 8.83. The molecule has 0 aliphatic heterocycles. The summed E-state index contributed by atoms with van der Waals surface area (Å²) >= 11 is 0. The highest BCUT2D eigenvalue weighted by Crippen LogP contribution is 2.18. The average Bonchev–Trinajstić information content (AvgIpc) is 2.59. The van der Waals surface area contributed by atoms with E-state index in [1.165, 1.54) is 13.8 Å². The minimum atomic E-state index is -1.38. The molecule has 0 aliphatic carbocycles. The van der Waals surface area contributed by atoms with Gasteiger partial charge in [0.1, 0.15) is 11.3 Å². The number of ether oxygens (including phenoxy) is 1. The van der Waals surface area contributed by atoms with Crippen LogP contribution in [0.3, 0.4) is 0 Å². The van der Waals surface area contributed by atoms with Crippen LogP contribution in [0.15, 0.2) is 59.8 Å². The third-order valence-electron chi connectivity index (χ3n) is 3.62. The molecule has 0 heterocycles. The van der Waals surface area contributed by atoms with Crippen LogP contribution in [0.4, 0.5) is 10.1 Å². The quantitative estimate of drug-likeness (QED) is 0.446. The number of benzene rings is 1. The number of halogens is 1. The monoisotopic (exact) mass is 358 g/mol. The fourth-order valence-electron chi connectivity index (χ4n) is 2.08. The van der Waals surface area contributed by atoms with E-state index in [9.17, 15) is 4.39 Å². The molecule has 0 saturated heterocycles. The van der Waals surface area contributed by atoms with Gasteiger partial charge in [-0.25, -0.2) is 4.39 Å². The molecular weight excluding hydrogens is 327 g/mol. The van der Waals surface area contributed by atoms with Gasteiger partial charge in [0.25, 0.3) is 0 Å². The summed E-state index contributed by atoms with van der Waals surface area (Å²) < 4.78 is 19.5. The molecule has 3 nitrogen and oxygen atoms in total. The highest BCUT2D eigenvalue weighted by Gasteiger charge is 2.27. The summed E-state index contributed by atoms with van der Waals surface area (Å²) in [5.74, 6) is 0. The van der Waals surface area contributed by atoms with E-state index in [4.69, 9.17) is 4.74 Å². The van der Waals surface area contributed by atoms with Crippen LogP contribution in [-0.2, 0) is 4.74 Å². The minimum absolute atomic E-state index is 0.0167. The zero-order chi connectivity index (χ0) is 19.6. The molecule has 142 valence electrons. The van der Waals surface area contributed by atoms with Crippen molar-refractivity contribution in [3.8, 4) is 0 Å². The lowest BCUT2D eigenvalue weighted by molar-refractivity contribution is -0.0255. The molecular formula is C22H31FN2O. The molecule has 0 unspecified atom stereocenters. The Labute approximate surface area is 157 Å². The third kappa shape index (κ3) is 8.26. The van der Waals surface area contributed by atoms with Gasteiger partial charge in [0.05, 0.1) is 12.3 Å². The number of alkyl halides is 1. The second-order valence-corrected chi connectivity index (χ2v) is 7.10. The zero-order valence-electron chi connectivity index (χ0n) is 16.7. The van der Waals surface area contributed by atoms with Gasteiger partial charge >= 0.3 is 0 Å². The molecule has 0 amide bonds. The summed E-state index contributed by atoms with van der Waals surface area (Å²) in [6, 6.07) is 8.14. The van der Waals surface area contributed by atoms with Gasteiger partial charge in [-0.1, -0.05) is 30.4 Å². The Hall–Kier alpha value is -2.20. The van der Waals surface area contributed by atoms with Crippen LogP contribution in [0.1, 0.15) is 40.2 Å². The smallest absolute Gasteiger partial charge is 0.128 e. The molecule has 0 bridgehead atoms. The molecule has 0 radical (unpaired) electrons. The van der Waals surface area contributed by atoms with E-state index in [0.717, 1.165) is 17.0 Å². The normalized spacial score (nSPS) is 14.0. The molecule has 0 atom stereocenters. The molecule has 0 spiro atoms. The third-order valence-corrected chi connectivity index (χ3v) is 3.62. The van der Waals surface area contributed by atoms with Crippen molar-refractivity contribution in [2.45, 2.75) is 45.9 Å². The SMILES string of the molecule is C\C=C/C(=N\C=C\C=C\c1ccc(NC)cc1)C(C)(C)OCC(C)(C)F. The number of nitrogens with zero attached hydrogens (tertiary/aromatic N) is 1. The van der Waals surface area contributed by atoms with Gasteiger partial charge in [-0.05, 0) is 64.5 Å². The maximum Gasteiger partial charge on any atom is 0.128 e. The van der Waals surface area contributed by atoms with Gasteiger partial charge in [-0.15, -0.1) is 0 Å². The van der Waals surface area contributed by atoms with Crippen molar-refractivity contribution >= 4 is 17.5 Å². The van der Waals surface area contributed by atoms with Crippen molar-refractivity contribution in [1.82, 2.24) is 0 Å². The van der Waals surface area contributed by atoms with Crippen molar-refractivity contribution in [2.75, 3.05) is 19.0 Å². The minimum Gasteiger partial charge on any atom is -0.388 e. The first-order chi connectivity index (χ1) is 12.2. The van der Waals surface area contributed by atoms with E-state index < -0.39 is 11.3 Å². The van der Waals surface area contributed by atoms with Gasteiger partial charge < -0.3 is 10.1 Å². The largest absolute Gasteiger partial charge is 0.388 e. The molecule has 1 aromatic rings. The molecule has 0 saturated carbocycles. The van der Waals surface area contributed by atoms with Gasteiger partial charge in [-0.3, -0.25) is 4.99 Å². The maximum absolute atomic E-state index is 13.7. The Balaban J connectivity index is 2.77. The zero-order valence-corrected chi connectivity index (χ0v) is 16.7. The first-order valence-electron chi connectivity index (χ1n) is 8.83. The van der Waals surface area contributed by atoms with Crippen LogP contribution in [0, 0.1) is 0 Å². The Bertz CT molecular complexity index is 662. The summed E-state index contributed by atoms with van der Waals surface area (Å²) in [7, 11) is 1.90. The van der Waals surface area contributed by atoms with Crippen molar-refractivity contribution < 1.29 is 9.13 Å². The van der Waals surface area contributed by atoms with Gasteiger partial charge in [0.15, 0.2) is 0 Å². The van der Waals surface area contributed by atoms with E-state index in [1.807, 2.05) is 82.5 Å². The fraction of sp³-hybridized carbons (Fsp3) is 0.409. The lowest BCUT2D eigenvalue weighted by Gasteiger charge is -2.28. The van der Waals surface area contributed by atoms with Crippen LogP contribution >= 0.6 is 0 Å². The Kier molecular flexibility index (Phi) is 8.46. The van der Waals surface area contributed by atoms with Crippen molar-refractivity contribution in [1.29, 1.82) is 0 Å². The second kappa shape index (κ2) is 10.1. The van der Waals surface area contributed by atoms with Gasteiger partial charge in [0.2, 0.25) is 0 Å². The molecule has 1 rings (SSSR count). The highest BCUT2D eigenvalue weighted by molar-refractivity contribution is 6.01. The van der Waals surface area contributed by atoms with Crippen LogP contribution in [0.25, 0.3) is 6.08 Å². The highest BCUT2D eigenvalue weighted by atomic mass is 19.1. The number of hydrogen-bond donors (Lipinski definition) is 1. The molecule has 0 fully saturated rings. The van der Waals surface area contributed by atoms with E-state index in [1.54, 1.807) is 6.20 Å². The number of aliphatic imine (C=N–C) groups is 1. The lowest BCUT2D eigenvalue weighted by Crippen LogP contribution is -2.38. The molecule has 1 N–H and O–H groups in total. The Morgan fingerprint density at radius 3 is 2.35 bits per heavy atom. The van der Waals surface area contributed by atoms with Crippen molar-refractivity contribution in [3.63, 3.8) is 0 Å². The average molecular weight is 359 g/mol. The lowest BCUT2D eigenvalue weighted by atomic mass is 10.0. The van der Waals surface area contributed by atoms with E-state index in [-0.39, 0.29) is 6.61 Å². The molecule has 1 aromatic carbocycles. The number of nitrogens with one attached hydrogen (secondary N) is 1. The summed E-state index contributed by atoms with van der Waals surface area (Å²) in [5.41, 5.74) is 0.886. The topological polar surface area (TPSA) is 33.6 Å². The van der Waals surface area contributed by atoms with Crippen molar-refractivity contribution in [2.24, 2.45) is 4.99 Å². The van der Waals surface area contributed by atoms with E-state index in [2.05, 4.69) is 10.3 Å². The number of allylic oxidation sites excluding steroid dienone is 3. The van der Waals surface area contributed by atoms with E-state index in [0.29, 0.717) is 0 Å². The maximum atomic E-state index is 13.7. The predicted molar refractivity (Wildman–Crippen MR) is 112 cm³/mol. The summed E-state index contributed by atoms with van der Waals surface area (Å²) in [6.07, 6.45) is 11.3. The number of rotatable bonds is 9. The summed E-state index contributed by atoms with van der Waals surface area (Å²) in [4.78, 5) is 4.48. The molecule has 0 aliphatic rings. The van der Waals surface area contributed by atoms with Crippen LogP contribution in [0.2, 0.25) is 0 Å².